The van der Waals surface area contributed by atoms with Gasteiger partial charge < -0.3 is 43.9 Å². The fourth-order valence-electron chi connectivity index (χ4n) is 6.66. The maximum Gasteiger partial charge on any atom is 0.509 e. The van der Waals surface area contributed by atoms with Crippen molar-refractivity contribution in [1.82, 2.24) is 4.90 Å². The van der Waals surface area contributed by atoms with Gasteiger partial charge in [0.15, 0.2) is 23.7 Å². The molecule has 0 aromatic heterocycles. The van der Waals surface area contributed by atoms with Crippen molar-refractivity contribution >= 4 is 24.1 Å². The highest BCUT2D eigenvalue weighted by Crippen LogP contribution is 2.65. The third-order valence-electron chi connectivity index (χ3n) is 8.45. The van der Waals surface area contributed by atoms with Crippen LogP contribution in [0, 0.1) is 0 Å². The molecule has 1 fully saturated rings. The second-order valence-corrected chi connectivity index (χ2v) is 12.3. The van der Waals surface area contributed by atoms with Gasteiger partial charge in [0.25, 0.3) is 0 Å². The molecule has 13 heteroatoms. The van der Waals surface area contributed by atoms with Crippen molar-refractivity contribution in [2.24, 2.45) is 0 Å². The monoisotopic (exact) mass is 589 g/mol. The fraction of sp³-hybridized carbons (Fsp3) is 0.586. The minimum absolute atomic E-state index is 0.0836. The summed E-state index contributed by atoms with van der Waals surface area (Å²) in [7, 11) is 1.95. The first-order valence-electron chi connectivity index (χ1n) is 13.8. The predicted molar refractivity (Wildman–Crippen MR) is 142 cm³/mol. The molecule has 42 heavy (non-hydrogen) atoms. The van der Waals surface area contributed by atoms with Gasteiger partial charge in [-0.1, -0.05) is 6.07 Å². The van der Waals surface area contributed by atoms with Crippen molar-refractivity contribution in [1.29, 1.82) is 0 Å². The molecule has 2 aliphatic carbocycles. The standard InChI is InChI=1S/C29H35NO12/c1-14(38-25(35)18(13-20(32)33)40-26(36)42-27(2,3)4)24(34)39-17-8-9-29(37)19-12-15-6-7-16(31)22-21(15)28(29,23(17)41-22)10-11-30(19)5/h6-8,14,18-19,23,31,37H,9-13H2,1-5H3,(H,32,33)/t14-,18-,19+,23-,28-,29+/m0/s1. The average Bonchev–Trinajstić information content (AvgIpc) is 3.23. The Morgan fingerprint density at radius 2 is 1.88 bits per heavy atom. The molecule has 2 heterocycles. The molecule has 0 radical (unpaired) electrons. The third kappa shape index (κ3) is 4.74. The van der Waals surface area contributed by atoms with Crippen LogP contribution in [0.15, 0.2) is 24.0 Å². The number of carbonyl (C=O) groups excluding carboxylic acids is 3. The molecule has 1 aromatic rings. The number of aromatic hydroxyl groups is 1. The number of carbonyl (C=O) groups is 4. The molecule has 1 spiro atoms. The number of phenolic OH excluding ortho intramolecular Hbond substituents is 1. The molecule has 1 saturated heterocycles. The van der Waals surface area contributed by atoms with Crippen LogP contribution < -0.4 is 4.74 Å². The number of carboxylic acid groups (broad SMARTS) is 1. The maximum absolute atomic E-state index is 13.1. The second kappa shape index (κ2) is 10.2. The van der Waals surface area contributed by atoms with Crippen LogP contribution in [0.25, 0.3) is 0 Å². The lowest BCUT2D eigenvalue weighted by atomic mass is 9.50. The number of aliphatic carboxylic acids is 1. The van der Waals surface area contributed by atoms with E-state index in [9.17, 15) is 34.5 Å². The minimum atomic E-state index is -1.87. The van der Waals surface area contributed by atoms with E-state index in [1.807, 2.05) is 13.1 Å². The Morgan fingerprint density at radius 3 is 2.55 bits per heavy atom. The van der Waals surface area contributed by atoms with Crippen LogP contribution in [0.2, 0.25) is 0 Å². The molecule has 1 aromatic carbocycles. The van der Waals surface area contributed by atoms with Gasteiger partial charge in [-0.3, -0.25) is 4.79 Å². The van der Waals surface area contributed by atoms with Crippen LogP contribution in [-0.2, 0) is 45.2 Å². The van der Waals surface area contributed by atoms with Gasteiger partial charge in [-0.2, -0.15) is 0 Å². The molecule has 4 aliphatic rings. The molecule has 0 amide bonds. The van der Waals surface area contributed by atoms with Crippen molar-refractivity contribution in [2.75, 3.05) is 13.6 Å². The van der Waals surface area contributed by atoms with E-state index in [1.165, 1.54) is 6.92 Å². The zero-order chi connectivity index (χ0) is 30.8. The van der Waals surface area contributed by atoms with E-state index in [0.717, 1.165) is 11.1 Å². The van der Waals surface area contributed by atoms with Gasteiger partial charge in [0.05, 0.1) is 17.4 Å². The highest BCUT2D eigenvalue weighted by Gasteiger charge is 2.72. The molecule has 0 unspecified atom stereocenters. The Morgan fingerprint density at radius 1 is 1.17 bits per heavy atom. The van der Waals surface area contributed by atoms with Gasteiger partial charge in [0.2, 0.25) is 6.10 Å². The highest BCUT2D eigenvalue weighted by atomic mass is 16.7. The number of nitrogens with zero attached hydrogens (tertiary/aromatic N) is 1. The zero-order valence-electron chi connectivity index (χ0n) is 24.0. The number of rotatable bonds is 7. The lowest BCUT2D eigenvalue weighted by molar-refractivity contribution is -0.179. The number of likely N-dealkylation sites (N-methyl/N-ethyl adjacent to an activating group) is 1. The van der Waals surface area contributed by atoms with E-state index < -0.39 is 65.4 Å². The molecule has 3 N–H and O–H groups in total. The number of esters is 2. The van der Waals surface area contributed by atoms with E-state index in [1.54, 1.807) is 32.9 Å². The summed E-state index contributed by atoms with van der Waals surface area (Å²) in [6, 6.07) is 3.14. The summed E-state index contributed by atoms with van der Waals surface area (Å²) in [5.41, 5.74) is -1.54. The first kappa shape index (κ1) is 29.6. The predicted octanol–water partition coefficient (Wildman–Crippen LogP) is 1.94. The number of hydrogen-bond acceptors (Lipinski definition) is 12. The molecule has 0 saturated carbocycles. The number of benzene rings is 1. The lowest BCUT2D eigenvalue weighted by Crippen LogP contribution is -2.74. The van der Waals surface area contributed by atoms with Gasteiger partial charge >= 0.3 is 24.1 Å². The topological polar surface area (TPSA) is 178 Å². The van der Waals surface area contributed by atoms with Gasteiger partial charge in [-0.05, 0) is 71.8 Å². The van der Waals surface area contributed by atoms with E-state index in [4.69, 9.17) is 23.7 Å². The van der Waals surface area contributed by atoms with Crippen LogP contribution in [0.3, 0.4) is 0 Å². The average molecular weight is 590 g/mol. The molecule has 2 aliphatic heterocycles. The number of hydrogen-bond donors (Lipinski definition) is 3. The van der Waals surface area contributed by atoms with E-state index >= 15 is 0 Å². The number of piperidine rings is 1. The number of aliphatic hydroxyl groups is 1. The molecular weight excluding hydrogens is 554 g/mol. The van der Waals surface area contributed by atoms with Gasteiger partial charge in [-0.25, -0.2) is 14.4 Å². The normalized spacial score (nSPS) is 28.8. The Labute approximate surface area is 241 Å². The molecule has 6 atom stereocenters. The first-order chi connectivity index (χ1) is 19.6. The Hall–Kier alpha value is -3.84. The summed E-state index contributed by atoms with van der Waals surface area (Å²) in [6.45, 7) is 6.55. The summed E-state index contributed by atoms with van der Waals surface area (Å²) in [4.78, 5) is 51.3. The van der Waals surface area contributed by atoms with Crippen molar-refractivity contribution in [3.8, 4) is 11.5 Å². The smallest absolute Gasteiger partial charge is 0.504 e. The summed E-state index contributed by atoms with van der Waals surface area (Å²) in [5, 5.41) is 32.0. The van der Waals surface area contributed by atoms with Gasteiger partial charge in [-0.15, -0.1) is 0 Å². The van der Waals surface area contributed by atoms with E-state index in [-0.39, 0.29) is 29.7 Å². The molecule has 13 nitrogen and oxygen atoms in total. The quantitative estimate of drug-likeness (QED) is 0.311. The maximum atomic E-state index is 13.1. The highest BCUT2D eigenvalue weighted by molar-refractivity contribution is 5.85. The van der Waals surface area contributed by atoms with Crippen LogP contribution in [0.4, 0.5) is 4.79 Å². The Kier molecular flexibility index (Phi) is 7.17. The van der Waals surface area contributed by atoms with Crippen molar-refractivity contribution < 1.29 is 58.2 Å². The van der Waals surface area contributed by atoms with Crippen molar-refractivity contribution in [2.45, 2.75) is 94.3 Å². The number of ether oxygens (including phenoxy) is 5. The van der Waals surface area contributed by atoms with E-state index in [2.05, 4.69) is 4.90 Å². The Bertz CT molecular complexity index is 1360. The van der Waals surface area contributed by atoms with Gasteiger partial charge in [0, 0.05) is 18.0 Å². The van der Waals surface area contributed by atoms with Gasteiger partial charge in [0.1, 0.15) is 11.4 Å². The van der Waals surface area contributed by atoms with Crippen LogP contribution in [0.1, 0.15) is 58.1 Å². The summed E-state index contributed by atoms with van der Waals surface area (Å²) in [6.07, 6.45) is -3.76. The SMILES string of the molecule is C[C@H](OC(=O)[C@H](CC(=O)O)OC(=O)OC(C)(C)C)C(=O)OC1=CC[C@@]2(O)[C@H]3Cc4ccc(O)c5c4[C@@]2(CCN3C)[C@H]1O5. The summed E-state index contributed by atoms with van der Waals surface area (Å²) < 4.78 is 26.9. The largest absolute Gasteiger partial charge is 0.509 e. The van der Waals surface area contributed by atoms with Crippen molar-refractivity contribution in [3.05, 3.63) is 35.1 Å². The second-order valence-electron chi connectivity index (χ2n) is 12.3. The molecule has 5 rings (SSSR count). The Balaban J connectivity index is 1.34. The fourth-order valence-corrected chi connectivity index (χ4v) is 6.66. The summed E-state index contributed by atoms with van der Waals surface area (Å²) >= 11 is 0. The van der Waals surface area contributed by atoms with E-state index in [0.29, 0.717) is 19.4 Å². The van der Waals surface area contributed by atoms with Crippen LogP contribution >= 0.6 is 0 Å². The number of likely N-dealkylation sites (tertiary alicyclic amines) is 1. The molecule has 228 valence electrons. The van der Waals surface area contributed by atoms with Crippen LogP contribution in [0.5, 0.6) is 11.5 Å². The number of phenols is 1. The third-order valence-corrected chi connectivity index (χ3v) is 8.45. The summed E-state index contributed by atoms with van der Waals surface area (Å²) in [5.74, 6) is -3.45. The first-order valence-corrected chi connectivity index (χ1v) is 13.8. The minimum Gasteiger partial charge on any atom is -0.504 e. The molecule has 2 bridgehead atoms. The van der Waals surface area contributed by atoms with Crippen molar-refractivity contribution in [3.63, 3.8) is 0 Å². The number of carboxylic acids is 1. The molecular formula is C29H35NO12. The lowest BCUT2D eigenvalue weighted by Gasteiger charge is -2.61. The van der Waals surface area contributed by atoms with Crippen LogP contribution in [-0.4, -0.2) is 93.4 Å². The zero-order valence-corrected chi connectivity index (χ0v) is 24.0.